The molecule has 1 unspecified atom stereocenters. The lowest BCUT2D eigenvalue weighted by atomic mass is 9.97. The summed E-state index contributed by atoms with van der Waals surface area (Å²) in [7, 11) is 0. The van der Waals surface area contributed by atoms with Gasteiger partial charge in [0.15, 0.2) is 5.84 Å². The van der Waals surface area contributed by atoms with Crippen LogP contribution >= 0.6 is 0 Å². The Morgan fingerprint density at radius 1 is 0.471 bits per heavy atom. The predicted octanol–water partition coefficient (Wildman–Crippen LogP) is 11.2. The molecular weight excluding hydrogens is 621 g/mol. The number of amidine groups is 2. The van der Waals surface area contributed by atoms with E-state index < -0.39 is 0 Å². The Labute approximate surface area is 294 Å². The normalized spacial score (nSPS) is 14.9. The van der Waals surface area contributed by atoms with Gasteiger partial charge in [-0.15, -0.1) is 0 Å². The number of hydrogen-bond acceptors (Lipinski definition) is 3. The molecule has 0 saturated heterocycles. The molecule has 238 valence electrons. The summed E-state index contributed by atoms with van der Waals surface area (Å²) in [6, 6.07) is 60.9. The van der Waals surface area contributed by atoms with E-state index in [-0.39, 0.29) is 6.17 Å². The molecule has 0 bridgehead atoms. The molecule has 0 radical (unpaired) electrons. The zero-order valence-electron chi connectivity index (χ0n) is 27.6. The van der Waals surface area contributed by atoms with Gasteiger partial charge in [0.05, 0.1) is 11.0 Å². The minimum atomic E-state index is -0.346. The summed E-state index contributed by atoms with van der Waals surface area (Å²) in [5.41, 5.74) is 11.7. The second kappa shape index (κ2) is 10.9. The highest BCUT2D eigenvalue weighted by Crippen LogP contribution is 2.48. The molecule has 8 aromatic carbocycles. The first-order chi connectivity index (χ1) is 25.3. The molecular formula is C47H30N4. The lowest BCUT2D eigenvalue weighted by Gasteiger charge is -2.25. The van der Waals surface area contributed by atoms with Crippen LogP contribution < -0.4 is 5.32 Å². The van der Waals surface area contributed by atoms with Crippen LogP contribution in [0.3, 0.4) is 0 Å². The van der Waals surface area contributed by atoms with Gasteiger partial charge in [0.2, 0.25) is 0 Å². The molecule has 1 aromatic heterocycles. The summed E-state index contributed by atoms with van der Waals surface area (Å²) in [5.74, 6) is 1.54. The van der Waals surface area contributed by atoms with Gasteiger partial charge in [-0.2, -0.15) is 0 Å². The lowest BCUT2D eigenvalue weighted by molar-refractivity contribution is 0.674. The van der Waals surface area contributed by atoms with Crippen LogP contribution in [-0.4, -0.2) is 16.2 Å². The van der Waals surface area contributed by atoms with Crippen LogP contribution in [0.25, 0.3) is 71.3 Å². The van der Waals surface area contributed by atoms with Crippen molar-refractivity contribution in [2.45, 2.75) is 6.17 Å². The van der Waals surface area contributed by atoms with E-state index in [0.29, 0.717) is 0 Å². The SMILES string of the molecule is c1ccc(C2=NC(c3cccc(-n4c5ccccc5c5cc6ccccc6cc54)c3)NC(c3ccc4c5c(cccc35)-c3ccccc3-4)=N2)cc1. The molecule has 11 rings (SSSR count). The second-order valence-electron chi connectivity index (χ2n) is 13.4. The first-order valence-electron chi connectivity index (χ1n) is 17.5. The van der Waals surface area contributed by atoms with Gasteiger partial charge in [-0.05, 0) is 79.7 Å². The highest BCUT2D eigenvalue weighted by molar-refractivity contribution is 6.23. The topological polar surface area (TPSA) is 41.7 Å². The van der Waals surface area contributed by atoms with E-state index in [9.17, 15) is 0 Å². The van der Waals surface area contributed by atoms with Gasteiger partial charge in [-0.1, -0.05) is 140 Å². The smallest absolute Gasteiger partial charge is 0.159 e. The van der Waals surface area contributed by atoms with Crippen LogP contribution in [0.15, 0.2) is 180 Å². The van der Waals surface area contributed by atoms with Crippen molar-refractivity contribution >= 4 is 55.0 Å². The van der Waals surface area contributed by atoms with Crippen LogP contribution in [0, 0.1) is 0 Å². The molecule has 4 heteroatoms. The van der Waals surface area contributed by atoms with Crippen molar-refractivity contribution in [3.63, 3.8) is 0 Å². The van der Waals surface area contributed by atoms with E-state index in [0.717, 1.165) is 34.0 Å². The summed E-state index contributed by atoms with van der Waals surface area (Å²) >= 11 is 0. The fourth-order valence-electron chi connectivity index (χ4n) is 8.26. The number of fused-ring (bicyclic) bond motifs is 7. The van der Waals surface area contributed by atoms with Gasteiger partial charge in [-0.25, -0.2) is 9.98 Å². The van der Waals surface area contributed by atoms with Gasteiger partial charge in [0, 0.05) is 27.6 Å². The average Bonchev–Trinajstić information content (AvgIpc) is 3.70. The molecule has 51 heavy (non-hydrogen) atoms. The molecule has 9 aromatic rings. The van der Waals surface area contributed by atoms with E-state index in [1.54, 1.807) is 0 Å². The van der Waals surface area contributed by atoms with Crippen molar-refractivity contribution in [3.8, 4) is 27.9 Å². The van der Waals surface area contributed by atoms with Gasteiger partial charge in [0.1, 0.15) is 12.0 Å². The average molecular weight is 651 g/mol. The summed E-state index contributed by atoms with van der Waals surface area (Å²) in [6.07, 6.45) is -0.346. The van der Waals surface area contributed by atoms with Crippen molar-refractivity contribution in [3.05, 3.63) is 187 Å². The first kappa shape index (κ1) is 28.1. The Bertz CT molecular complexity index is 2920. The molecule has 1 aliphatic carbocycles. The minimum absolute atomic E-state index is 0.346. The number of benzene rings is 8. The van der Waals surface area contributed by atoms with Gasteiger partial charge >= 0.3 is 0 Å². The van der Waals surface area contributed by atoms with E-state index in [1.807, 2.05) is 18.2 Å². The van der Waals surface area contributed by atoms with E-state index in [4.69, 9.17) is 9.98 Å². The quantitative estimate of drug-likeness (QED) is 0.202. The summed E-state index contributed by atoms with van der Waals surface area (Å²) in [5, 5.41) is 11.2. The molecule has 0 amide bonds. The molecule has 2 aliphatic rings. The van der Waals surface area contributed by atoms with E-state index >= 15 is 0 Å². The number of nitrogens with one attached hydrogen (secondary N) is 1. The maximum atomic E-state index is 5.25. The summed E-state index contributed by atoms with van der Waals surface area (Å²) < 4.78 is 2.39. The third-order valence-electron chi connectivity index (χ3n) is 10.6. The summed E-state index contributed by atoms with van der Waals surface area (Å²) in [6.45, 7) is 0. The second-order valence-corrected chi connectivity index (χ2v) is 13.4. The predicted molar refractivity (Wildman–Crippen MR) is 212 cm³/mol. The maximum absolute atomic E-state index is 5.25. The van der Waals surface area contributed by atoms with Gasteiger partial charge in [0.25, 0.3) is 0 Å². The first-order valence-corrected chi connectivity index (χ1v) is 17.5. The minimum Gasteiger partial charge on any atom is -0.344 e. The van der Waals surface area contributed by atoms with E-state index in [1.165, 1.54) is 65.6 Å². The molecule has 1 N–H and O–H groups in total. The summed E-state index contributed by atoms with van der Waals surface area (Å²) in [4.78, 5) is 10.5. The van der Waals surface area contributed by atoms with Crippen molar-refractivity contribution < 1.29 is 0 Å². The molecule has 0 fully saturated rings. The van der Waals surface area contributed by atoms with E-state index in [2.05, 4.69) is 162 Å². The van der Waals surface area contributed by atoms with Crippen LogP contribution in [0.1, 0.15) is 22.9 Å². The largest absolute Gasteiger partial charge is 0.344 e. The van der Waals surface area contributed by atoms with Gasteiger partial charge in [-0.3, -0.25) is 0 Å². The Kier molecular flexibility index (Phi) is 5.98. The highest BCUT2D eigenvalue weighted by atomic mass is 15.2. The number of aliphatic imine (C=N–C) groups is 2. The number of nitrogens with zero attached hydrogens (tertiary/aromatic N) is 3. The number of rotatable bonds is 4. The van der Waals surface area contributed by atoms with Crippen LogP contribution in [0.2, 0.25) is 0 Å². The maximum Gasteiger partial charge on any atom is 0.159 e. The molecule has 4 nitrogen and oxygen atoms in total. The fourth-order valence-corrected chi connectivity index (χ4v) is 8.26. The highest BCUT2D eigenvalue weighted by Gasteiger charge is 2.27. The Morgan fingerprint density at radius 2 is 1.14 bits per heavy atom. The number of para-hydroxylation sites is 1. The van der Waals surface area contributed by atoms with Crippen LogP contribution in [0.4, 0.5) is 0 Å². The van der Waals surface area contributed by atoms with Crippen molar-refractivity contribution in [2.75, 3.05) is 0 Å². The van der Waals surface area contributed by atoms with Crippen molar-refractivity contribution in [1.29, 1.82) is 0 Å². The third kappa shape index (κ3) is 4.26. The monoisotopic (exact) mass is 650 g/mol. The Morgan fingerprint density at radius 3 is 2.00 bits per heavy atom. The Balaban J connectivity index is 1.07. The molecule has 2 heterocycles. The zero-order chi connectivity index (χ0) is 33.5. The molecule has 0 saturated carbocycles. The zero-order valence-corrected chi connectivity index (χ0v) is 27.6. The molecule has 1 atom stereocenters. The third-order valence-corrected chi connectivity index (χ3v) is 10.6. The number of aromatic nitrogens is 1. The fraction of sp³-hybridized carbons (Fsp3) is 0.0213. The van der Waals surface area contributed by atoms with Crippen molar-refractivity contribution in [1.82, 2.24) is 9.88 Å². The standard InChI is InChI=1S/C47H30N4/c1-2-12-29(13-3-1)45-48-46(50-47(49-45)40-25-24-39-35-19-7-6-18-34(35)37-21-11-22-38(40)44(37)39)32-16-10-17-33(26-32)51-42-23-9-8-20-36(42)41-27-30-14-4-5-15-31(30)28-43(41)51/h1-28,46H,(H,48,49,50). The number of hydrogen-bond donors (Lipinski definition) is 1. The molecule has 0 spiro atoms. The van der Waals surface area contributed by atoms with Crippen LogP contribution in [-0.2, 0) is 0 Å². The lowest BCUT2D eigenvalue weighted by Crippen LogP contribution is -2.33. The Hall–Kier alpha value is -6.78. The van der Waals surface area contributed by atoms with Gasteiger partial charge < -0.3 is 9.88 Å². The van der Waals surface area contributed by atoms with Crippen LogP contribution in [0.5, 0.6) is 0 Å². The molecule has 1 aliphatic heterocycles. The van der Waals surface area contributed by atoms with Crippen molar-refractivity contribution in [2.24, 2.45) is 9.98 Å².